The molecule has 4 rings (SSSR count). The molecular weight excluding hydrogens is 364 g/mol. The number of piperazine rings is 1. The van der Waals surface area contributed by atoms with Crippen molar-refractivity contribution in [2.45, 2.75) is 31.8 Å². The number of hydrogen-bond acceptors (Lipinski definition) is 4. The van der Waals surface area contributed by atoms with E-state index in [4.69, 9.17) is 0 Å². The second-order valence-electron chi connectivity index (χ2n) is 7.83. The summed E-state index contributed by atoms with van der Waals surface area (Å²) >= 11 is 0. The summed E-state index contributed by atoms with van der Waals surface area (Å²) in [4.78, 5) is 36.0. The molecule has 6 nitrogen and oxygen atoms in total. The summed E-state index contributed by atoms with van der Waals surface area (Å²) < 4.78 is 0. The fourth-order valence-electron chi connectivity index (χ4n) is 4.29. The average Bonchev–Trinajstić information content (AvgIpc) is 2.80. The van der Waals surface area contributed by atoms with E-state index in [-0.39, 0.29) is 17.9 Å². The maximum atomic E-state index is 13.3. The monoisotopic (exact) mass is 392 g/mol. The van der Waals surface area contributed by atoms with Crippen LogP contribution in [0.1, 0.15) is 35.2 Å². The lowest BCUT2D eigenvalue weighted by molar-refractivity contribution is -0.140. The number of carbonyl (C=O) groups excluding carboxylic acids is 2. The van der Waals surface area contributed by atoms with Gasteiger partial charge in [0, 0.05) is 45.1 Å². The fraction of sp³-hybridized carbons (Fsp3) is 0.435. The van der Waals surface area contributed by atoms with Crippen molar-refractivity contribution in [3.05, 3.63) is 66.0 Å². The SMILES string of the molecule is O=C(c1cccnc1)N1CCN(C(=O)C2CCCCN2Cc2ccccc2)CC1. The lowest BCUT2D eigenvalue weighted by atomic mass is 9.99. The minimum absolute atomic E-state index is 0.00595. The van der Waals surface area contributed by atoms with E-state index in [1.807, 2.05) is 15.9 Å². The third-order valence-corrected chi connectivity index (χ3v) is 5.91. The number of benzene rings is 1. The molecule has 152 valence electrons. The Hall–Kier alpha value is -2.73. The zero-order chi connectivity index (χ0) is 20.1. The van der Waals surface area contributed by atoms with Gasteiger partial charge in [0.2, 0.25) is 5.91 Å². The van der Waals surface area contributed by atoms with Crippen LogP contribution >= 0.6 is 0 Å². The van der Waals surface area contributed by atoms with Crippen molar-refractivity contribution in [3.8, 4) is 0 Å². The summed E-state index contributed by atoms with van der Waals surface area (Å²) in [6.07, 6.45) is 6.42. The Morgan fingerprint density at radius 3 is 2.38 bits per heavy atom. The highest BCUT2D eigenvalue weighted by Gasteiger charge is 2.34. The van der Waals surface area contributed by atoms with Gasteiger partial charge in [-0.1, -0.05) is 36.8 Å². The number of amides is 2. The lowest BCUT2D eigenvalue weighted by Gasteiger charge is -2.41. The van der Waals surface area contributed by atoms with Gasteiger partial charge in [0.15, 0.2) is 0 Å². The molecule has 2 saturated heterocycles. The maximum absolute atomic E-state index is 13.3. The Balaban J connectivity index is 1.36. The van der Waals surface area contributed by atoms with Crippen LogP contribution in [0.15, 0.2) is 54.9 Å². The normalized spacial score (nSPS) is 20.5. The van der Waals surface area contributed by atoms with Gasteiger partial charge in [0.1, 0.15) is 0 Å². The molecule has 1 aromatic carbocycles. The predicted molar refractivity (Wildman–Crippen MR) is 111 cm³/mol. The zero-order valence-electron chi connectivity index (χ0n) is 16.7. The van der Waals surface area contributed by atoms with Crippen LogP contribution in [0.4, 0.5) is 0 Å². The standard InChI is InChI=1S/C23H28N4O2/c28-22(20-9-6-11-24-17-20)25-13-15-26(16-14-25)23(29)21-10-4-5-12-27(21)18-19-7-2-1-3-8-19/h1-3,6-9,11,17,21H,4-5,10,12-16,18H2. The lowest BCUT2D eigenvalue weighted by Crippen LogP contribution is -2.56. The first-order valence-electron chi connectivity index (χ1n) is 10.5. The van der Waals surface area contributed by atoms with E-state index >= 15 is 0 Å². The molecule has 0 aliphatic carbocycles. The topological polar surface area (TPSA) is 56.8 Å². The van der Waals surface area contributed by atoms with Crippen molar-refractivity contribution in [1.29, 1.82) is 0 Å². The second kappa shape index (κ2) is 9.18. The second-order valence-corrected chi connectivity index (χ2v) is 7.83. The van der Waals surface area contributed by atoms with Crippen LogP contribution < -0.4 is 0 Å². The molecule has 0 spiro atoms. The van der Waals surface area contributed by atoms with Gasteiger partial charge in [-0.15, -0.1) is 0 Å². The Morgan fingerprint density at radius 1 is 0.897 bits per heavy atom. The first kappa shape index (κ1) is 19.6. The molecule has 2 aliphatic heterocycles. The number of aromatic nitrogens is 1. The Labute approximate surface area is 172 Å². The summed E-state index contributed by atoms with van der Waals surface area (Å²) in [5, 5.41) is 0. The van der Waals surface area contributed by atoms with Gasteiger partial charge in [0.25, 0.3) is 5.91 Å². The van der Waals surface area contributed by atoms with E-state index < -0.39 is 0 Å². The van der Waals surface area contributed by atoms with E-state index in [2.05, 4.69) is 34.1 Å². The van der Waals surface area contributed by atoms with Gasteiger partial charge in [0.05, 0.1) is 11.6 Å². The van der Waals surface area contributed by atoms with Crippen molar-refractivity contribution in [1.82, 2.24) is 19.7 Å². The molecule has 6 heteroatoms. The van der Waals surface area contributed by atoms with Gasteiger partial charge in [-0.05, 0) is 37.1 Å². The third-order valence-electron chi connectivity index (χ3n) is 5.91. The number of hydrogen-bond donors (Lipinski definition) is 0. The van der Waals surface area contributed by atoms with E-state index in [1.54, 1.807) is 24.5 Å². The average molecular weight is 393 g/mol. The highest BCUT2D eigenvalue weighted by Crippen LogP contribution is 2.22. The highest BCUT2D eigenvalue weighted by molar-refractivity contribution is 5.94. The van der Waals surface area contributed by atoms with Gasteiger partial charge in [-0.2, -0.15) is 0 Å². The molecule has 2 fully saturated rings. The van der Waals surface area contributed by atoms with Crippen LogP contribution in [0.3, 0.4) is 0 Å². The largest absolute Gasteiger partial charge is 0.338 e. The van der Waals surface area contributed by atoms with Crippen LogP contribution in [-0.2, 0) is 11.3 Å². The fourth-order valence-corrected chi connectivity index (χ4v) is 4.29. The van der Waals surface area contributed by atoms with E-state index in [9.17, 15) is 9.59 Å². The van der Waals surface area contributed by atoms with Crippen molar-refractivity contribution >= 4 is 11.8 Å². The molecule has 2 amide bonds. The number of rotatable bonds is 4. The summed E-state index contributed by atoms with van der Waals surface area (Å²) in [5.41, 5.74) is 1.85. The van der Waals surface area contributed by atoms with Gasteiger partial charge < -0.3 is 9.80 Å². The summed E-state index contributed by atoms with van der Waals surface area (Å²) in [7, 11) is 0. The van der Waals surface area contributed by atoms with Gasteiger partial charge in [-0.25, -0.2) is 0 Å². The summed E-state index contributed by atoms with van der Waals surface area (Å²) in [6, 6.07) is 13.9. The van der Waals surface area contributed by atoms with Gasteiger partial charge in [-0.3, -0.25) is 19.5 Å². The highest BCUT2D eigenvalue weighted by atomic mass is 16.2. The summed E-state index contributed by atoms with van der Waals surface area (Å²) in [6.45, 7) is 4.12. The van der Waals surface area contributed by atoms with Gasteiger partial charge >= 0.3 is 0 Å². The van der Waals surface area contributed by atoms with E-state index in [0.717, 1.165) is 32.4 Å². The van der Waals surface area contributed by atoms with Crippen molar-refractivity contribution in [3.63, 3.8) is 0 Å². The van der Waals surface area contributed by atoms with Crippen LogP contribution in [0.25, 0.3) is 0 Å². The predicted octanol–water partition coefficient (Wildman–Crippen LogP) is 2.42. The third kappa shape index (κ3) is 4.65. The molecule has 2 aliphatic rings. The van der Waals surface area contributed by atoms with Crippen molar-refractivity contribution in [2.24, 2.45) is 0 Å². The molecule has 1 unspecified atom stereocenters. The molecule has 1 aromatic heterocycles. The smallest absolute Gasteiger partial charge is 0.255 e. The molecular formula is C23H28N4O2. The molecule has 29 heavy (non-hydrogen) atoms. The van der Waals surface area contributed by atoms with E-state index in [0.29, 0.717) is 31.7 Å². The molecule has 3 heterocycles. The first-order chi connectivity index (χ1) is 14.2. The molecule has 0 radical (unpaired) electrons. The maximum Gasteiger partial charge on any atom is 0.255 e. The minimum Gasteiger partial charge on any atom is -0.338 e. The zero-order valence-corrected chi connectivity index (χ0v) is 16.7. The number of piperidine rings is 1. The van der Waals surface area contributed by atoms with Crippen molar-refractivity contribution < 1.29 is 9.59 Å². The van der Waals surface area contributed by atoms with Crippen LogP contribution in [0.2, 0.25) is 0 Å². The Bertz CT molecular complexity index is 819. The molecule has 0 saturated carbocycles. The van der Waals surface area contributed by atoms with Crippen LogP contribution in [0.5, 0.6) is 0 Å². The number of likely N-dealkylation sites (tertiary alicyclic amines) is 1. The number of nitrogens with zero attached hydrogens (tertiary/aromatic N) is 4. The summed E-state index contributed by atoms with van der Waals surface area (Å²) in [5.74, 6) is 0.211. The van der Waals surface area contributed by atoms with Crippen molar-refractivity contribution in [2.75, 3.05) is 32.7 Å². The minimum atomic E-state index is -0.0514. The quantitative estimate of drug-likeness (QED) is 0.802. The molecule has 2 aromatic rings. The molecule has 1 atom stereocenters. The first-order valence-corrected chi connectivity index (χ1v) is 10.5. The molecule has 0 N–H and O–H groups in total. The number of carbonyl (C=O) groups is 2. The number of pyridine rings is 1. The van der Waals surface area contributed by atoms with Crippen LogP contribution in [0, 0.1) is 0 Å². The van der Waals surface area contributed by atoms with Crippen LogP contribution in [-0.4, -0.2) is 70.3 Å². The Kier molecular flexibility index (Phi) is 6.20. The Morgan fingerprint density at radius 2 is 1.66 bits per heavy atom. The molecule has 0 bridgehead atoms. The van der Waals surface area contributed by atoms with E-state index in [1.165, 1.54) is 5.56 Å².